The third-order valence-corrected chi connectivity index (χ3v) is 3.64. The predicted octanol–water partition coefficient (Wildman–Crippen LogP) is 3.59. The van der Waals surface area contributed by atoms with Gasteiger partial charge in [-0.1, -0.05) is 6.07 Å². The third-order valence-electron chi connectivity index (χ3n) is 3.21. The van der Waals surface area contributed by atoms with Crippen LogP contribution in [0, 0.1) is 15.9 Å². The summed E-state index contributed by atoms with van der Waals surface area (Å²) in [7, 11) is 0. The van der Waals surface area contributed by atoms with Crippen molar-refractivity contribution in [2.45, 2.75) is 6.42 Å². The van der Waals surface area contributed by atoms with Crippen LogP contribution in [-0.4, -0.2) is 16.5 Å². The highest BCUT2D eigenvalue weighted by Crippen LogP contribution is 2.38. The molecule has 0 unspecified atom stereocenters. The number of hydrogen-bond acceptors (Lipinski definition) is 4. The number of anilines is 2. The largest absolute Gasteiger partial charge is 0.320 e. The highest BCUT2D eigenvalue weighted by atomic mass is 79.9. The summed E-state index contributed by atoms with van der Waals surface area (Å²) >= 11 is 3.17. The molecule has 0 saturated carbocycles. The van der Waals surface area contributed by atoms with Crippen molar-refractivity contribution in [3.8, 4) is 0 Å². The fraction of sp³-hybridized carbons (Fsp3) is 0.154. The Hall–Kier alpha value is -2.02. The van der Waals surface area contributed by atoms with Crippen LogP contribution in [0.15, 0.2) is 34.9 Å². The molecule has 1 aromatic carbocycles. The molecule has 0 saturated heterocycles. The van der Waals surface area contributed by atoms with Crippen LogP contribution in [0.2, 0.25) is 0 Å². The van der Waals surface area contributed by atoms with Crippen molar-refractivity contribution in [2.75, 3.05) is 11.4 Å². The molecule has 7 heteroatoms. The minimum Gasteiger partial charge on any atom is -0.320 e. The maximum atomic E-state index is 13.4. The van der Waals surface area contributed by atoms with E-state index in [9.17, 15) is 14.5 Å². The molecule has 0 atom stereocenters. The van der Waals surface area contributed by atoms with E-state index in [4.69, 9.17) is 0 Å². The van der Waals surface area contributed by atoms with Gasteiger partial charge in [-0.15, -0.1) is 0 Å². The lowest BCUT2D eigenvalue weighted by molar-refractivity contribution is -0.384. The molecule has 0 spiro atoms. The minimum atomic E-state index is -0.482. The summed E-state index contributed by atoms with van der Waals surface area (Å²) in [5.74, 6) is -0.127. The zero-order chi connectivity index (χ0) is 14.3. The summed E-state index contributed by atoms with van der Waals surface area (Å²) in [5, 5.41) is 11.2. The highest BCUT2D eigenvalue weighted by molar-refractivity contribution is 9.10. The van der Waals surface area contributed by atoms with Gasteiger partial charge in [0.2, 0.25) is 5.82 Å². The molecule has 1 aliphatic rings. The molecule has 2 aromatic rings. The van der Waals surface area contributed by atoms with E-state index in [-0.39, 0.29) is 17.3 Å². The van der Waals surface area contributed by atoms with Crippen molar-refractivity contribution in [2.24, 2.45) is 0 Å². The molecule has 1 aromatic heterocycles. The second-order valence-corrected chi connectivity index (χ2v) is 5.34. The molecule has 5 nitrogen and oxygen atoms in total. The first-order valence-electron chi connectivity index (χ1n) is 5.92. The standard InChI is InChI=1S/C13H9BrFN3O2/c14-9-5-12(18(19)20)13(16-7-9)17-4-3-8-1-2-10(15)6-11(8)17/h1-2,5-7H,3-4H2. The first-order valence-corrected chi connectivity index (χ1v) is 6.71. The van der Waals surface area contributed by atoms with Crippen LogP contribution < -0.4 is 4.90 Å². The smallest absolute Gasteiger partial charge is 0.313 e. The predicted molar refractivity (Wildman–Crippen MR) is 75.7 cm³/mol. The van der Waals surface area contributed by atoms with E-state index < -0.39 is 4.92 Å². The number of benzene rings is 1. The van der Waals surface area contributed by atoms with E-state index in [0.717, 1.165) is 5.56 Å². The van der Waals surface area contributed by atoms with E-state index in [1.54, 1.807) is 11.0 Å². The van der Waals surface area contributed by atoms with Gasteiger partial charge in [0, 0.05) is 29.0 Å². The second kappa shape index (κ2) is 4.82. The summed E-state index contributed by atoms with van der Waals surface area (Å²) in [4.78, 5) is 16.5. The molecule has 0 radical (unpaired) electrons. The van der Waals surface area contributed by atoms with Gasteiger partial charge < -0.3 is 4.90 Å². The monoisotopic (exact) mass is 337 g/mol. The van der Waals surface area contributed by atoms with Gasteiger partial charge in [-0.05, 0) is 40.0 Å². The average molecular weight is 338 g/mol. The fourth-order valence-corrected chi connectivity index (χ4v) is 2.66. The maximum Gasteiger partial charge on any atom is 0.313 e. The van der Waals surface area contributed by atoms with Gasteiger partial charge in [0.05, 0.1) is 4.92 Å². The number of nitrogens with zero attached hydrogens (tertiary/aromatic N) is 3. The van der Waals surface area contributed by atoms with Crippen molar-refractivity contribution in [3.05, 3.63) is 56.4 Å². The Bertz CT molecular complexity index is 708. The molecule has 1 aliphatic heterocycles. The molecule has 2 heterocycles. The summed E-state index contributed by atoms with van der Waals surface area (Å²) in [6.45, 7) is 0.550. The van der Waals surface area contributed by atoms with Crippen LogP contribution in [0.4, 0.5) is 21.6 Å². The van der Waals surface area contributed by atoms with Gasteiger partial charge in [0.1, 0.15) is 5.82 Å². The van der Waals surface area contributed by atoms with Crippen molar-refractivity contribution >= 4 is 33.1 Å². The van der Waals surface area contributed by atoms with E-state index in [1.165, 1.54) is 24.4 Å². The SMILES string of the molecule is O=[N+]([O-])c1cc(Br)cnc1N1CCc2ccc(F)cc21. The average Bonchev–Trinajstić information content (AvgIpc) is 2.81. The Morgan fingerprint density at radius 1 is 1.40 bits per heavy atom. The molecule has 0 N–H and O–H groups in total. The van der Waals surface area contributed by atoms with Crippen LogP contribution >= 0.6 is 15.9 Å². The lowest BCUT2D eigenvalue weighted by Gasteiger charge is -2.18. The van der Waals surface area contributed by atoms with Gasteiger partial charge in [-0.3, -0.25) is 10.1 Å². The van der Waals surface area contributed by atoms with Crippen LogP contribution in [0.1, 0.15) is 5.56 Å². The Kier molecular flexibility index (Phi) is 3.13. The van der Waals surface area contributed by atoms with Gasteiger partial charge in [-0.25, -0.2) is 9.37 Å². The fourth-order valence-electron chi connectivity index (χ4n) is 2.34. The van der Waals surface area contributed by atoms with Crippen LogP contribution in [-0.2, 0) is 6.42 Å². The number of rotatable bonds is 2. The highest BCUT2D eigenvalue weighted by Gasteiger charge is 2.28. The van der Waals surface area contributed by atoms with Crippen LogP contribution in [0.5, 0.6) is 0 Å². The lowest BCUT2D eigenvalue weighted by atomic mass is 10.2. The van der Waals surface area contributed by atoms with Gasteiger partial charge >= 0.3 is 5.69 Å². The van der Waals surface area contributed by atoms with Crippen LogP contribution in [0.3, 0.4) is 0 Å². The normalized spacial score (nSPS) is 13.4. The summed E-state index contributed by atoms with van der Waals surface area (Å²) in [5.41, 5.74) is 1.50. The Morgan fingerprint density at radius 2 is 2.20 bits per heavy atom. The van der Waals surface area contributed by atoms with Crippen molar-refractivity contribution in [3.63, 3.8) is 0 Å². The van der Waals surface area contributed by atoms with Crippen molar-refractivity contribution in [1.82, 2.24) is 4.98 Å². The first kappa shape index (κ1) is 13.0. The second-order valence-electron chi connectivity index (χ2n) is 4.43. The van der Waals surface area contributed by atoms with Crippen LogP contribution in [0.25, 0.3) is 0 Å². The summed E-state index contributed by atoms with van der Waals surface area (Å²) in [6.07, 6.45) is 2.21. The lowest BCUT2D eigenvalue weighted by Crippen LogP contribution is -2.16. The number of pyridine rings is 1. The maximum absolute atomic E-state index is 13.4. The number of halogens is 2. The number of nitro groups is 1. The molecule has 3 rings (SSSR count). The van der Waals surface area contributed by atoms with E-state index in [1.807, 2.05) is 0 Å². The van der Waals surface area contributed by atoms with Gasteiger partial charge in [0.25, 0.3) is 0 Å². The Balaban J connectivity index is 2.13. The quantitative estimate of drug-likeness (QED) is 0.620. The summed E-state index contributed by atoms with van der Waals surface area (Å²) in [6, 6.07) is 5.89. The van der Waals surface area contributed by atoms with Crippen molar-refractivity contribution in [1.29, 1.82) is 0 Å². The third kappa shape index (κ3) is 2.14. The zero-order valence-electron chi connectivity index (χ0n) is 10.2. The molecule has 20 heavy (non-hydrogen) atoms. The number of hydrogen-bond donors (Lipinski definition) is 0. The van der Waals surface area contributed by atoms with Crippen molar-refractivity contribution < 1.29 is 9.31 Å². The number of fused-ring (bicyclic) bond motifs is 1. The minimum absolute atomic E-state index is 0.100. The topological polar surface area (TPSA) is 59.3 Å². The molecule has 0 fully saturated rings. The van der Waals surface area contributed by atoms with E-state index >= 15 is 0 Å². The Morgan fingerprint density at radius 3 is 2.95 bits per heavy atom. The van der Waals surface area contributed by atoms with E-state index in [0.29, 0.717) is 23.1 Å². The molecule has 102 valence electrons. The molecule has 0 aliphatic carbocycles. The molecule has 0 bridgehead atoms. The summed E-state index contributed by atoms with van der Waals surface area (Å²) < 4.78 is 13.9. The molecular weight excluding hydrogens is 329 g/mol. The molecular formula is C13H9BrFN3O2. The Labute approximate surface area is 122 Å². The zero-order valence-corrected chi connectivity index (χ0v) is 11.8. The van der Waals surface area contributed by atoms with E-state index in [2.05, 4.69) is 20.9 Å². The van der Waals surface area contributed by atoms with Gasteiger partial charge in [-0.2, -0.15) is 0 Å². The first-order chi connectivity index (χ1) is 9.56. The number of aromatic nitrogens is 1. The van der Waals surface area contributed by atoms with Gasteiger partial charge in [0.15, 0.2) is 0 Å². The molecule has 0 amide bonds.